The first-order valence-corrected chi connectivity index (χ1v) is 4.47. The van der Waals surface area contributed by atoms with Gasteiger partial charge in [0.2, 0.25) is 0 Å². The van der Waals surface area contributed by atoms with Crippen molar-refractivity contribution in [3.05, 3.63) is 16.8 Å². The zero-order chi connectivity index (χ0) is 7.68. The van der Waals surface area contributed by atoms with Gasteiger partial charge in [0.15, 0.2) is 0 Å². The van der Waals surface area contributed by atoms with Gasteiger partial charge in [-0.25, -0.2) is 4.98 Å². The lowest BCUT2D eigenvalue weighted by Crippen LogP contribution is -2.07. The molecule has 0 amide bonds. The number of hydrogen-bond acceptors (Lipinski definition) is 3. The van der Waals surface area contributed by atoms with Gasteiger partial charge in [-0.1, -0.05) is 0 Å². The van der Waals surface area contributed by atoms with Crippen molar-refractivity contribution in [2.75, 3.05) is 13.1 Å². The third-order valence-electron chi connectivity index (χ3n) is 1.97. The van der Waals surface area contributed by atoms with Gasteiger partial charge in [-0.05, 0) is 13.0 Å². The second-order valence-corrected chi connectivity index (χ2v) is 3.39. The number of rotatable bonds is 1. The average Bonchev–Trinajstić information content (AvgIpc) is 2.55. The maximum atomic E-state index is 5.05. The van der Waals surface area contributed by atoms with Crippen molar-refractivity contribution in [2.24, 2.45) is 0 Å². The van der Waals surface area contributed by atoms with E-state index in [2.05, 4.69) is 26.2 Å². The molecule has 1 saturated heterocycles. The molecule has 1 aliphatic heterocycles. The van der Waals surface area contributed by atoms with Gasteiger partial charge in [0.1, 0.15) is 6.26 Å². The summed E-state index contributed by atoms with van der Waals surface area (Å²) in [4.78, 5) is 4.79. The van der Waals surface area contributed by atoms with E-state index in [1.54, 1.807) is 6.26 Å². The van der Waals surface area contributed by atoms with E-state index in [4.69, 9.17) is 4.42 Å². The van der Waals surface area contributed by atoms with Crippen LogP contribution in [0, 0.1) is 0 Å². The second-order valence-electron chi connectivity index (χ2n) is 2.72. The number of oxazole rings is 1. The molecule has 2 rings (SSSR count). The molecule has 1 aliphatic rings. The molecule has 1 atom stereocenters. The zero-order valence-electron chi connectivity index (χ0n) is 6.01. The van der Waals surface area contributed by atoms with Crippen molar-refractivity contribution in [1.82, 2.24) is 10.3 Å². The van der Waals surface area contributed by atoms with Crippen LogP contribution in [0.1, 0.15) is 18.0 Å². The van der Waals surface area contributed by atoms with Gasteiger partial charge in [-0.15, -0.1) is 0 Å². The Hall–Kier alpha value is -0.350. The predicted molar refractivity (Wildman–Crippen MR) is 44.4 cm³/mol. The van der Waals surface area contributed by atoms with Crippen molar-refractivity contribution < 1.29 is 4.42 Å². The fourth-order valence-electron chi connectivity index (χ4n) is 1.36. The monoisotopic (exact) mass is 216 g/mol. The molecule has 11 heavy (non-hydrogen) atoms. The van der Waals surface area contributed by atoms with E-state index in [9.17, 15) is 0 Å². The molecule has 0 aliphatic carbocycles. The number of aromatic nitrogens is 1. The van der Waals surface area contributed by atoms with E-state index < -0.39 is 0 Å². The SMILES string of the molecule is Brc1nc(C2CCNC2)co1. The highest BCUT2D eigenvalue weighted by molar-refractivity contribution is 9.10. The average molecular weight is 217 g/mol. The summed E-state index contributed by atoms with van der Waals surface area (Å²) < 4.78 is 5.05. The summed E-state index contributed by atoms with van der Waals surface area (Å²) in [5, 5.41) is 3.28. The molecule has 2 heterocycles. The van der Waals surface area contributed by atoms with Crippen LogP contribution in [0.4, 0.5) is 0 Å². The summed E-state index contributed by atoms with van der Waals surface area (Å²) in [7, 11) is 0. The molecule has 0 bridgehead atoms. The molecule has 3 nitrogen and oxygen atoms in total. The Morgan fingerprint density at radius 1 is 1.73 bits per heavy atom. The molecule has 1 fully saturated rings. The minimum Gasteiger partial charge on any atom is -0.439 e. The second kappa shape index (κ2) is 2.95. The van der Waals surface area contributed by atoms with Crippen LogP contribution in [0.3, 0.4) is 0 Å². The number of halogens is 1. The first kappa shape index (κ1) is 7.31. The van der Waals surface area contributed by atoms with Gasteiger partial charge in [0.25, 0.3) is 4.80 Å². The maximum Gasteiger partial charge on any atom is 0.264 e. The first-order valence-electron chi connectivity index (χ1n) is 3.68. The van der Waals surface area contributed by atoms with Crippen LogP contribution >= 0.6 is 15.9 Å². The highest BCUT2D eigenvalue weighted by Crippen LogP contribution is 2.22. The van der Waals surface area contributed by atoms with Crippen LogP contribution in [0.5, 0.6) is 0 Å². The van der Waals surface area contributed by atoms with E-state index in [1.165, 1.54) is 6.42 Å². The lowest BCUT2D eigenvalue weighted by Gasteiger charge is -1.99. The van der Waals surface area contributed by atoms with Crippen molar-refractivity contribution in [3.8, 4) is 0 Å². The molecular weight excluding hydrogens is 208 g/mol. The Morgan fingerprint density at radius 3 is 3.18 bits per heavy atom. The predicted octanol–water partition coefficient (Wildman–Crippen LogP) is 1.51. The molecule has 1 aromatic heterocycles. The van der Waals surface area contributed by atoms with Crippen molar-refractivity contribution >= 4 is 15.9 Å². The summed E-state index contributed by atoms with van der Waals surface area (Å²) in [6, 6.07) is 0. The number of nitrogens with zero attached hydrogens (tertiary/aromatic N) is 1. The van der Waals surface area contributed by atoms with Gasteiger partial charge in [0, 0.05) is 28.4 Å². The minimum absolute atomic E-state index is 0.546. The number of nitrogens with one attached hydrogen (secondary N) is 1. The standard InChI is InChI=1S/C7H9BrN2O/c8-7-10-6(4-11-7)5-1-2-9-3-5/h4-5,9H,1-3H2. The normalized spacial score (nSPS) is 24.3. The molecule has 0 aromatic carbocycles. The highest BCUT2D eigenvalue weighted by atomic mass is 79.9. The summed E-state index contributed by atoms with van der Waals surface area (Å²) in [6.45, 7) is 2.12. The lowest BCUT2D eigenvalue weighted by molar-refractivity contribution is 0.526. The molecule has 60 valence electrons. The smallest absolute Gasteiger partial charge is 0.264 e. The summed E-state index contributed by atoms with van der Waals surface area (Å²) >= 11 is 3.18. The largest absolute Gasteiger partial charge is 0.439 e. The van der Waals surface area contributed by atoms with Crippen molar-refractivity contribution in [1.29, 1.82) is 0 Å². The Balaban J connectivity index is 2.15. The Morgan fingerprint density at radius 2 is 2.64 bits per heavy atom. The quantitative estimate of drug-likeness (QED) is 0.774. The van der Waals surface area contributed by atoms with Gasteiger partial charge in [-0.3, -0.25) is 0 Å². The van der Waals surface area contributed by atoms with E-state index >= 15 is 0 Å². The fraction of sp³-hybridized carbons (Fsp3) is 0.571. The van der Waals surface area contributed by atoms with Crippen molar-refractivity contribution in [2.45, 2.75) is 12.3 Å². The molecule has 0 radical (unpaired) electrons. The summed E-state index contributed by atoms with van der Waals surface area (Å²) in [6.07, 6.45) is 2.89. The summed E-state index contributed by atoms with van der Waals surface area (Å²) in [5.41, 5.74) is 1.06. The molecule has 1 N–H and O–H groups in total. The van der Waals surface area contributed by atoms with Crippen LogP contribution in [-0.4, -0.2) is 18.1 Å². The molecule has 0 spiro atoms. The van der Waals surface area contributed by atoms with Gasteiger partial charge >= 0.3 is 0 Å². The Labute approximate surface area is 73.3 Å². The lowest BCUT2D eigenvalue weighted by atomic mass is 10.1. The van der Waals surface area contributed by atoms with Crippen LogP contribution in [0.2, 0.25) is 0 Å². The third-order valence-corrected chi connectivity index (χ3v) is 2.34. The van der Waals surface area contributed by atoms with Crippen LogP contribution in [0.25, 0.3) is 0 Å². The van der Waals surface area contributed by atoms with E-state index in [1.807, 2.05) is 0 Å². The maximum absolute atomic E-state index is 5.05. The van der Waals surface area contributed by atoms with Gasteiger partial charge in [-0.2, -0.15) is 0 Å². The summed E-state index contributed by atoms with van der Waals surface area (Å²) in [5.74, 6) is 0.546. The minimum atomic E-state index is 0.546. The van der Waals surface area contributed by atoms with Crippen molar-refractivity contribution in [3.63, 3.8) is 0 Å². The molecule has 0 saturated carbocycles. The Bertz CT molecular complexity index is 242. The highest BCUT2D eigenvalue weighted by Gasteiger charge is 2.19. The van der Waals surface area contributed by atoms with E-state index in [-0.39, 0.29) is 0 Å². The topological polar surface area (TPSA) is 38.1 Å². The fourth-order valence-corrected chi connectivity index (χ4v) is 1.66. The molecule has 1 unspecified atom stereocenters. The van der Waals surface area contributed by atoms with Gasteiger partial charge in [0.05, 0.1) is 5.69 Å². The van der Waals surface area contributed by atoms with E-state index in [0.717, 1.165) is 18.8 Å². The molecular formula is C7H9BrN2O. The van der Waals surface area contributed by atoms with Crippen LogP contribution in [0.15, 0.2) is 15.5 Å². The first-order chi connectivity index (χ1) is 5.36. The molecule has 4 heteroatoms. The van der Waals surface area contributed by atoms with E-state index in [0.29, 0.717) is 10.7 Å². The van der Waals surface area contributed by atoms with Crippen LogP contribution < -0.4 is 5.32 Å². The zero-order valence-corrected chi connectivity index (χ0v) is 7.60. The van der Waals surface area contributed by atoms with Gasteiger partial charge < -0.3 is 9.73 Å². The van der Waals surface area contributed by atoms with Crippen LogP contribution in [-0.2, 0) is 0 Å². The number of hydrogen-bond donors (Lipinski definition) is 1. The third kappa shape index (κ3) is 1.46. The molecule has 1 aromatic rings. The Kier molecular flexibility index (Phi) is 1.96.